The van der Waals surface area contributed by atoms with E-state index in [4.69, 9.17) is 19.4 Å². The number of carboxylic acids is 1. The van der Waals surface area contributed by atoms with Crippen molar-refractivity contribution >= 4 is 61.4 Å². The molecular formula is C46H67N9O9S2. The number of urea groups is 1. The number of hydrogen-bond donors (Lipinski definition) is 5. The van der Waals surface area contributed by atoms with Crippen LogP contribution >= 0.6 is 11.3 Å². The first-order valence-electron chi connectivity index (χ1n) is 23.3. The number of anilines is 1. The van der Waals surface area contributed by atoms with Crippen LogP contribution in [0, 0.1) is 17.3 Å². The quantitative estimate of drug-likeness (QED) is 0.121. The highest BCUT2D eigenvalue weighted by molar-refractivity contribution is 7.86. The summed E-state index contributed by atoms with van der Waals surface area (Å²) in [4.78, 5) is 67.7. The van der Waals surface area contributed by atoms with Crippen LogP contribution in [0.4, 0.5) is 9.93 Å². The summed E-state index contributed by atoms with van der Waals surface area (Å²) >= 11 is 1.45. The lowest BCUT2D eigenvalue weighted by Crippen LogP contribution is -2.61. The van der Waals surface area contributed by atoms with E-state index in [9.17, 15) is 27.9 Å². The van der Waals surface area contributed by atoms with Gasteiger partial charge in [0, 0.05) is 68.1 Å². The summed E-state index contributed by atoms with van der Waals surface area (Å²) in [6.07, 6.45) is 4.84. The first kappa shape index (κ1) is 49.1. The van der Waals surface area contributed by atoms with Crippen LogP contribution in [-0.2, 0) is 24.6 Å². The Kier molecular flexibility index (Phi) is 14.7. The molecule has 4 aliphatic rings. The van der Waals surface area contributed by atoms with E-state index in [1.165, 1.54) is 24.8 Å². The minimum atomic E-state index is -3.72. The third-order valence-electron chi connectivity index (χ3n) is 13.6. The van der Waals surface area contributed by atoms with E-state index in [-0.39, 0.29) is 43.8 Å². The number of hydrogen-bond acceptors (Lipinski definition) is 12. The molecule has 2 aliphatic carbocycles. The van der Waals surface area contributed by atoms with Crippen molar-refractivity contribution in [2.75, 3.05) is 45.7 Å². The van der Waals surface area contributed by atoms with E-state index in [0.717, 1.165) is 24.4 Å². The van der Waals surface area contributed by atoms with Gasteiger partial charge < -0.3 is 40.7 Å². The molecule has 66 heavy (non-hydrogen) atoms. The normalized spacial score (nSPS) is 24.7. The molecule has 4 fully saturated rings. The number of carbonyl (C=O) groups excluding carboxylic acids is 3. The molecule has 4 heterocycles. The average molecular weight is 954 g/mol. The van der Waals surface area contributed by atoms with Crippen LogP contribution in [-0.4, -0.2) is 137 Å². The van der Waals surface area contributed by atoms with Gasteiger partial charge in [-0.1, -0.05) is 53.4 Å². The molecule has 2 aromatic heterocycles. The van der Waals surface area contributed by atoms with Gasteiger partial charge in [-0.2, -0.15) is 17.0 Å². The van der Waals surface area contributed by atoms with Crippen molar-refractivity contribution < 1.29 is 42.2 Å². The largest absolute Gasteiger partial charge is 0.497 e. The van der Waals surface area contributed by atoms with Gasteiger partial charge in [0.25, 0.3) is 10.2 Å². The van der Waals surface area contributed by atoms with E-state index >= 15 is 4.79 Å². The lowest BCUT2D eigenvalue weighted by atomic mass is 9.83. The molecule has 5 N–H and O–H groups in total. The van der Waals surface area contributed by atoms with Gasteiger partial charge in [0.05, 0.1) is 24.9 Å². The third-order valence-corrected chi connectivity index (χ3v) is 16.4. The van der Waals surface area contributed by atoms with Crippen LogP contribution in [0.1, 0.15) is 99.3 Å². The summed E-state index contributed by atoms with van der Waals surface area (Å²) in [5.74, 6) is -1.66. The highest BCUT2D eigenvalue weighted by Crippen LogP contribution is 2.46. The Hall–Kier alpha value is -4.79. The van der Waals surface area contributed by atoms with E-state index in [0.29, 0.717) is 72.6 Å². The standard InChI is InChI=1S/C46H67N9O9S2/c1-9-29-23-46(29,42(58)59)52-40(56)36-21-31(64-37-22-34(35-26-65-44(49-35)47-27(2)3)48-33-20-30(63-8)16-17-32(33)37)24-55(36)41(57)39(28-14-11-10-12-15-28)51-43(60)50-38(45(4,5)6)25-54-19-13-18-53(7)66(54,61)62/h16-17,20,22,26-29,31,36,38-39H,9-15,18-19,21,23-25H2,1-8H3,(H,47,49)(H,52,56)(H,58,59)(H2,50,51,60)/t29?,31-,36?,38-,39+,46-/m1/s1. The molecule has 18 nitrogen and oxygen atoms in total. The lowest BCUT2D eigenvalue weighted by Gasteiger charge is -2.39. The Balaban J connectivity index is 1.20. The highest BCUT2D eigenvalue weighted by atomic mass is 32.2. The second-order valence-corrected chi connectivity index (χ2v) is 22.6. The number of amides is 4. The van der Waals surface area contributed by atoms with Gasteiger partial charge in [-0.3, -0.25) is 9.59 Å². The molecule has 2 saturated carbocycles. The Morgan fingerprint density at radius 1 is 1.02 bits per heavy atom. The molecule has 6 atom stereocenters. The molecule has 4 amide bonds. The molecule has 1 aromatic carbocycles. The van der Waals surface area contributed by atoms with Crippen LogP contribution in [0.3, 0.4) is 0 Å². The van der Waals surface area contributed by atoms with Crippen molar-refractivity contribution in [2.24, 2.45) is 17.3 Å². The number of ether oxygens (including phenoxy) is 2. The molecule has 0 bridgehead atoms. The SMILES string of the molecule is CCC1C[C@]1(NC(=O)C1C[C@@H](Oc2cc(-c3csc(NC(C)C)n3)nc3cc(OC)ccc23)CN1C(=O)[C@@H](NC(=O)N[C@H](CN1CCCN(C)S1(=O)=O)C(C)(C)C)C1CCCCC1)C(=O)O. The van der Waals surface area contributed by atoms with Crippen LogP contribution in [0.15, 0.2) is 29.6 Å². The van der Waals surface area contributed by atoms with Crippen LogP contribution in [0.5, 0.6) is 11.5 Å². The zero-order valence-electron chi connectivity index (χ0n) is 39.4. The smallest absolute Gasteiger partial charge is 0.329 e. The number of fused-ring (bicyclic) bond motifs is 1. The Labute approximate surface area is 392 Å². The summed E-state index contributed by atoms with van der Waals surface area (Å²) in [7, 11) is -0.605. The van der Waals surface area contributed by atoms with Gasteiger partial charge in [0.1, 0.15) is 40.9 Å². The van der Waals surface area contributed by atoms with Gasteiger partial charge >= 0.3 is 12.0 Å². The summed E-state index contributed by atoms with van der Waals surface area (Å²) in [6.45, 7) is 12.5. The number of thiazole rings is 1. The van der Waals surface area contributed by atoms with Crippen molar-refractivity contribution in [1.82, 2.24) is 39.4 Å². The molecule has 2 aliphatic heterocycles. The van der Waals surface area contributed by atoms with Gasteiger partial charge in [0.15, 0.2) is 5.13 Å². The first-order valence-corrected chi connectivity index (χ1v) is 25.5. The monoisotopic (exact) mass is 953 g/mol. The number of carboxylic acid groups (broad SMARTS) is 1. The summed E-state index contributed by atoms with van der Waals surface area (Å²) in [5, 5.41) is 25.8. The van der Waals surface area contributed by atoms with E-state index in [1.54, 1.807) is 32.4 Å². The number of nitrogens with zero attached hydrogens (tertiary/aromatic N) is 5. The fraction of sp³-hybridized carbons (Fsp3) is 0.652. The second kappa shape index (κ2) is 19.8. The number of aliphatic carboxylic acids is 1. The fourth-order valence-electron chi connectivity index (χ4n) is 9.58. The molecule has 20 heteroatoms. The van der Waals surface area contributed by atoms with E-state index in [1.807, 2.05) is 53.0 Å². The maximum atomic E-state index is 15.3. The molecule has 0 radical (unpaired) electrons. The summed E-state index contributed by atoms with van der Waals surface area (Å²) in [6, 6.07) is 4.01. The average Bonchev–Trinajstić information content (AvgIpc) is 3.53. The molecule has 0 spiro atoms. The zero-order chi connectivity index (χ0) is 47.7. The molecule has 2 unspecified atom stereocenters. The van der Waals surface area contributed by atoms with Gasteiger partial charge in [-0.25, -0.2) is 19.6 Å². The number of nitrogens with one attached hydrogen (secondary N) is 4. The van der Waals surface area contributed by atoms with E-state index < -0.39 is 69.2 Å². The zero-order valence-corrected chi connectivity index (χ0v) is 41.0. The number of likely N-dealkylation sites (tertiary alicyclic amines) is 1. The molecular weight excluding hydrogens is 887 g/mol. The van der Waals surface area contributed by atoms with Gasteiger partial charge in [-0.05, 0) is 68.9 Å². The van der Waals surface area contributed by atoms with Crippen molar-refractivity contribution in [3.8, 4) is 22.9 Å². The van der Waals surface area contributed by atoms with Gasteiger partial charge in [0.2, 0.25) is 11.8 Å². The minimum Gasteiger partial charge on any atom is -0.497 e. The second-order valence-electron chi connectivity index (χ2n) is 19.7. The number of aromatic nitrogens is 2. The fourth-order valence-corrected chi connectivity index (χ4v) is 11.9. The maximum Gasteiger partial charge on any atom is 0.329 e. The van der Waals surface area contributed by atoms with Crippen molar-refractivity contribution in [3.05, 3.63) is 29.6 Å². The Morgan fingerprint density at radius 3 is 2.41 bits per heavy atom. The molecule has 3 aromatic rings. The predicted octanol–water partition coefficient (Wildman–Crippen LogP) is 5.45. The molecule has 362 valence electrons. The highest BCUT2D eigenvalue weighted by Gasteiger charge is 2.61. The number of methoxy groups -OCH3 is 1. The minimum absolute atomic E-state index is 0.0276. The maximum absolute atomic E-state index is 15.3. The summed E-state index contributed by atoms with van der Waals surface area (Å²) < 4.78 is 41.6. The number of benzene rings is 1. The number of rotatable bonds is 16. The topological polar surface area (TPSA) is 225 Å². The third kappa shape index (κ3) is 10.7. The predicted molar refractivity (Wildman–Crippen MR) is 253 cm³/mol. The van der Waals surface area contributed by atoms with Gasteiger partial charge in [-0.15, -0.1) is 11.3 Å². The molecule has 2 saturated heterocycles. The number of pyridine rings is 1. The van der Waals surface area contributed by atoms with Crippen molar-refractivity contribution in [1.29, 1.82) is 0 Å². The Bertz CT molecular complexity index is 2380. The first-order chi connectivity index (χ1) is 31.2. The lowest BCUT2D eigenvalue weighted by molar-refractivity contribution is -0.146. The van der Waals surface area contributed by atoms with Crippen LogP contribution < -0.4 is 30.7 Å². The van der Waals surface area contributed by atoms with Crippen molar-refractivity contribution in [3.63, 3.8) is 0 Å². The van der Waals surface area contributed by atoms with E-state index in [2.05, 4.69) is 21.3 Å². The van der Waals surface area contributed by atoms with Crippen molar-refractivity contribution in [2.45, 2.75) is 135 Å². The Morgan fingerprint density at radius 2 is 1.76 bits per heavy atom. The van der Waals surface area contributed by atoms with Crippen LogP contribution in [0.2, 0.25) is 0 Å². The number of carbonyl (C=O) groups is 4. The van der Waals surface area contributed by atoms with Crippen LogP contribution in [0.25, 0.3) is 22.3 Å². The molecule has 7 rings (SSSR count). The summed E-state index contributed by atoms with van der Waals surface area (Å²) in [5.41, 5.74) is -0.241.